The Bertz CT molecular complexity index is 3730. The zero-order valence-corrected chi connectivity index (χ0v) is 36.0. The number of nitrogens with zero attached hydrogens (tertiary/aromatic N) is 3. The molecule has 64 heavy (non-hydrogen) atoms. The summed E-state index contributed by atoms with van der Waals surface area (Å²) in [5.74, 6) is 0. The van der Waals surface area contributed by atoms with E-state index in [1.165, 1.54) is 80.6 Å². The van der Waals surface area contributed by atoms with E-state index in [1.807, 2.05) is 0 Å². The van der Waals surface area contributed by atoms with Crippen LogP contribution >= 0.6 is 0 Å². The molecule has 0 unspecified atom stereocenters. The van der Waals surface area contributed by atoms with Gasteiger partial charge in [0.05, 0.1) is 38.8 Å². The van der Waals surface area contributed by atoms with Crippen molar-refractivity contribution in [3.05, 3.63) is 249 Å². The highest BCUT2D eigenvalue weighted by atomic mass is 28.3. The fourth-order valence-electron chi connectivity index (χ4n) is 11.0. The molecule has 3 aromatic heterocycles. The van der Waals surface area contributed by atoms with Gasteiger partial charge in [0.2, 0.25) is 0 Å². The molecular weight excluding hydrogens is 791 g/mol. The van der Waals surface area contributed by atoms with Gasteiger partial charge in [-0.25, -0.2) is 0 Å². The molecule has 0 fully saturated rings. The van der Waals surface area contributed by atoms with Crippen LogP contribution in [0.25, 0.3) is 82.5 Å². The second-order valence-corrected chi connectivity index (χ2v) is 20.6. The van der Waals surface area contributed by atoms with Crippen LogP contribution in [0.4, 0.5) is 0 Å². The number of para-hydroxylation sites is 5. The van der Waals surface area contributed by atoms with Crippen LogP contribution in [-0.2, 0) is 0 Å². The second kappa shape index (κ2) is 14.5. The standard InChI is InChI=1S/C60H41N3Si/c1-5-21-42(22-6-1)62-57-41-43(39-40-49(57)50-32-19-37-56(60(50)62)63-52-33-16-13-29-47(52)48-30-14-17-34-53(48)63)61-54-35-18-15-31-51(54)59-55(61)36-20-38-58(59)64(44-23-7-2-8-24-44,45-25-9-3-10-26-45)46-27-11-4-12-28-46/h1-41H. The lowest BCUT2D eigenvalue weighted by Gasteiger charge is -2.35. The number of benzene rings is 10. The minimum atomic E-state index is -2.88. The van der Waals surface area contributed by atoms with Crippen molar-refractivity contribution in [2.24, 2.45) is 0 Å². The van der Waals surface area contributed by atoms with Gasteiger partial charge in [-0.3, -0.25) is 0 Å². The Balaban J connectivity index is 1.13. The summed E-state index contributed by atoms with van der Waals surface area (Å²) in [6, 6.07) is 92.3. The van der Waals surface area contributed by atoms with Gasteiger partial charge in [-0.15, -0.1) is 0 Å². The second-order valence-electron chi connectivity index (χ2n) is 16.8. The molecule has 3 nitrogen and oxygen atoms in total. The highest BCUT2D eigenvalue weighted by molar-refractivity contribution is 7.20. The van der Waals surface area contributed by atoms with Crippen molar-refractivity contribution in [2.45, 2.75) is 0 Å². The van der Waals surface area contributed by atoms with Crippen molar-refractivity contribution in [1.82, 2.24) is 13.7 Å². The van der Waals surface area contributed by atoms with Crippen LogP contribution in [0.1, 0.15) is 0 Å². The molecule has 0 aliphatic heterocycles. The minimum absolute atomic E-state index is 1.13. The molecule has 4 heteroatoms. The van der Waals surface area contributed by atoms with E-state index in [4.69, 9.17) is 0 Å². The van der Waals surface area contributed by atoms with Crippen molar-refractivity contribution < 1.29 is 0 Å². The molecule has 0 atom stereocenters. The lowest BCUT2D eigenvalue weighted by atomic mass is 10.1. The fraction of sp³-hybridized carbons (Fsp3) is 0. The molecule has 0 spiro atoms. The topological polar surface area (TPSA) is 14.8 Å². The SMILES string of the molecule is c1ccc(-n2c3cc(-n4c5ccccc5c5c([Si](c6ccccc6)(c6ccccc6)c6ccccc6)cccc54)ccc3c3cccc(-n4c5ccccc5c5ccccc54)c32)cc1. The van der Waals surface area contributed by atoms with E-state index in [0.29, 0.717) is 0 Å². The van der Waals surface area contributed by atoms with E-state index in [2.05, 4.69) is 262 Å². The first-order valence-corrected chi connectivity index (χ1v) is 24.1. The quantitative estimate of drug-likeness (QED) is 0.112. The van der Waals surface area contributed by atoms with E-state index >= 15 is 0 Å². The normalized spacial score (nSPS) is 12.1. The van der Waals surface area contributed by atoms with Crippen molar-refractivity contribution in [3.8, 4) is 17.1 Å². The largest absolute Gasteiger partial charge is 0.309 e. The Hall–Kier alpha value is -8.18. The zero-order chi connectivity index (χ0) is 42.2. The molecule has 0 N–H and O–H groups in total. The number of rotatable bonds is 7. The molecule has 13 aromatic rings. The van der Waals surface area contributed by atoms with E-state index < -0.39 is 8.07 Å². The van der Waals surface area contributed by atoms with Crippen LogP contribution in [0.15, 0.2) is 249 Å². The molecule has 0 radical (unpaired) electrons. The lowest BCUT2D eigenvalue weighted by molar-refractivity contribution is 1.12. The summed E-state index contributed by atoms with van der Waals surface area (Å²) < 4.78 is 7.46. The van der Waals surface area contributed by atoms with Crippen molar-refractivity contribution in [3.63, 3.8) is 0 Å². The van der Waals surface area contributed by atoms with Gasteiger partial charge >= 0.3 is 0 Å². The Kier molecular flexibility index (Phi) is 8.23. The van der Waals surface area contributed by atoms with Crippen LogP contribution in [0.5, 0.6) is 0 Å². The molecule has 0 saturated heterocycles. The average molecular weight is 832 g/mol. The first-order chi connectivity index (χ1) is 31.8. The molecule has 0 saturated carbocycles. The summed E-state index contributed by atoms with van der Waals surface area (Å²) in [6.45, 7) is 0. The number of aromatic nitrogens is 3. The Morgan fingerprint density at radius 2 is 0.719 bits per heavy atom. The van der Waals surface area contributed by atoms with Crippen LogP contribution in [0.3, 0.4) is 0 Å². The first-order valence-electron chi connectivity index (χ1n) is 22.1. The van der Waals surface area contributed by atoms with Crippen LogP contribution in [-0.4, -0.2) is 21.8 Å². The maximum atomic E-state index is 2.51. The molecule has 0 amide bonds. The number of fused-ring (bicyclic) bond motifs is 9. The van der Waals surface area contributed by atoms with Crippen molar-refractivity contribution in [2.75, 3.05) is 0 Å². The summed E-state index contributed by atoms with van der Waals surface area (Å²) in [4.78, 5) is 0. The van der Waals surface area contributed by atoms with E-state index in [1.54, 1.807) is 0 Å². The highest BCUT2D eigenvalue weighted by Crippen LogP contribution is 2.41. The van der Waals surface area contributed by atoms with Gasteiger partial charge < -0.3 is 13.7 Å². The smallest absolute Gasteiger partial charge is 0.180 e. The highest BCUT2D eigenvalue weighted by Gasteiger charge is 2.43. The van der Waals surface area contributed by atoms with E-state index in [-0.39, 0.29) is 0 Å². The summed E-state index contributed by atoms with van der Waals surface area (Å²) in [5, 5.41) is 13.0. The third-order valence-corrected chi connectivity index (χ3v) is 18.4. The van der Waals surface area contributed by atoms with Crippen molar-refractivity contribution in [1.29, 1.82) is 0 Å². The van der Waals surface area contributed by atoms with Crippen LogP contribution in [0.2, 0.25) is 0 Å². The maximum Gasteiger partial charge on any atom is 0.180 e. The molecular formula is C60H41N3Si. The predicted molar refractivity (Wildman–Crippen MR) is 273 cm³/mol. The Morgan fingerprint density at radius 1 is 0.266 bits per heavy atom. The van der Waals surface area contributed by atoms with Gasteiger partial charge in [0.15, 0.2) is 8.07 Å². The average Bonchev–Trinajstić information content (AvgIpc) is 4.01. The fourth-order valence-corrected chi connectivity index (χ4v) is 16.0. The zero-order valence-electron chi connectivity index (χ0n) is 35.0. The minimum Gasteiger partial charge on any atom is -0.309 e. The Labute approximate surface area is 372 Å². The van der Waals surface area contributed by atoms with E-state index in [9.17, 15) is 0 Å². The van der Waals surface area contributed by atoms with Gasteiger partial charge in [-0.2, -0.15) is 0 Å². The summed E-state index contributed by atoms with van der Waals surface area (Å²) >= 11 is 0. The van der Waals surface area contributed by atoms with Gasteiger partial charge in [0.25, 0.3) is 0 Å². The molecule has 0 aliphatic carbocycles. The molecule has 10 aromatic carbocycles. The summed E-state index contributed by atoms with van der Waals surface area (Å²) in [6.07, 6.45) is 0. The predicted octanol–water partition coefficient (Wildman–Crippen LogP) is 12.4. The van der Waals surface area contributed by atoms with Gasteiger partial charge in [0, 0.05) is 43.7 Å². The summed E-state index contributed by atoms with van der Waals surface area (Å²) in [7, 11) is -2.88. The van der Waals surface area contributed by atoms with Crippen LogP contribution in [0, 0.1) is 0 Å². The van der Waals surface area contributed by atoms with Gasteiger partial charge in [-0.1, -0.05) is 194 Å². The monoisotopic (exact) mass is 831 g/mol. The lowest BCUT2D eigenvalue weighted by Crippen LogP contribution is -2.74. The van der Waals surface area contributed by atoms with E-state index in [0.717, 1.165) is 22.6 Å². The summed E-state index contributed by atoms with van der Waals surface area (Å²) in [5.41, 5.74) is 10.5. The van der Waals surface area contributed by atoms with Gasteiger partial charge in [0.1, 0.15) is 0 Å². The Morgan fingerprint density at radius 3 is 1.31 bits per heavy atom. The number of hydrogen-bond donors (Lipinski definition) is 0. The number of hydrogen-bond acceptors (Lipinski definition) is 0. The molecule has 0 bridgehead atoms. The van der Waals surface area contributed by atoms with Crippen molar-refractivity contribution >= 4 is 94.2 Å². The molecule has 300 valence electrons. The molecule has 3 heterocycles. The third-order valence-electron chi connectivity index (χ3n) is 13.6. The molecule has 0 aliphatic rings. The van der Waals surface area contributed by atoms with Gasteiger partial charge in [-0.05, 0) is 75.3 Å². The third kappa shape index (κ3) is 5.21. The first kappa shape index (κ1) is 36.5. The molecule has 13 rings (SSSR count). The van der Waals surface area contributed by atoms with Crippen LogP contribution < -0.4 is 20.7 Å². The maximum absolute atomic E-state index is 2.88.